The first-order valence-electron chi connectivity index (χ1n) is 10.6. The van der Waals surface area contributed by atoms with Crippen molar-refractivity contribution < 1.29 is 19.1 Å². The molecule has 2 aliphatic heterocycles. The predicted molar refractivity (Wildman–Crippen MR) is 120 cm³/mol. The fourth-order valence-electron chi connectivity index (χ4n) is 4.20. The lowest BCUT2D eigenvalue weighted by atomic mass is 9.94. The Morgan fingerprint density at radius 3 is 2.26 bits per heavy atom. The Balaban J connectivity index is 1.52. The summed E-state index contributed by atoms with van der Waals surface area (Å²) in [4.78, 5) is 42.9. The van der Waals surface area contributed by atoms with E-state index < -0.39 is 0 Å². The average molecular weight is 485 g/mol. The number of ether oxygens (including phenoxy) is 1. The third kappa shape index (κ3) is 4.88. The topological polar surface area (TPSA) is 66.9 Å². The smallest absolute Gasteiger partial charge is 0.254 e. The molecule has 162 valence electrons. The van der Waals surface area contributed by atoms with Crippen LogP contribution in [0, 0.1) is 5.92 Å². The zero-order valence-corrected chi connectivity index (χ0v) is 18.8. The lowest BCUT2D eigenvalue weighted by Crippen LogP contribution is -2.49. The summed E-state index contributed by atoms with van der Waals surface area (Å²) in [5.41, 5.74) is 1.30. The van der Waals surface area contributed by atoms with Crippen LogP contribution >= 0.6 is 15.9 Å². The van der Waals surface area contributed by atoms with Crippen molar-refractivity contribution in [2.24, 2.45) is 5.92 Å². The van der Waals surface area contributed by atoms with Gasteiger partial charge in [-0.3, -0.25) is 14.4 Å². The van der Waals surface area contributed by atoms with Gasteiger partial charge in [-0.1, -0.05) is 34.1 Å². The number of rotatable bonds is 4. The summed E-state index contributed by atoms with van der Waals surface area (Å²) < 4.78 is 6.23. The third-order valence-electron chi connectivity index (χ3n) is 5.89. The highest BCUT2D eigenvalue weighted by atomic mass is 79.9. The van der Waals surface area contributed by atoms with Gasteiger partial charge >= 0.3 is 0 Å². The Morgan fingerprint density at radius 2 is 1.55 bits per heavy atom. The van der Waals surface area contributed by atoms with Crippen LogP contribution in [-0.2, 0) is 9.53 Å². The molecule has 2 heterocycles. The van der Waals surface area contributed by atoms with Crippen LogP contribution in [0.3, 0.4) is 0 Å². The first-order chi connectivity index (χ1) is 15.0. The maximum atomic E-state index is 13.4. The number of morpholine rings is 1. The summed E-state index contributed by atoms with van der Waals surface area (Å²) in [6.45, 7) is 3.31. The molecule has 2 saturated heterocycles. The molecule has 1 atom stereocenters. The number of amides is 2. The second kappa shape index (κ2) is 9.75. The molecule has 4 rings (SSSR count). The number of carbonyl (C=O) groups excluding carboxylic acids is 3. The molecule has 2 fully saturated rings. The molecule has 0 radical (unpaired) electrons. The maximum absolute atomic E-state index is 13.4. The number of likely N-dealkylation sites (tertiary alicyclic amines) is 1. The van der Waals surface area contributed by atoms with Gasteiger partial charge in [0.1, 0.15) is 0 Å². The Hall–Kier alpha value is -2.51. The fourth-order valence-corrected chi connectivity index (χ4v) is 4.46. The van der Waals surface area contributed by atoms with Crippen molar-refractivity contribution in [1.29, 1.82) is 0 Å². The maximum Gasteiger partial charge on any atom is 0.254 e. The fraction of sp³-hybridized carbons (Fsp3) is 0.375. The van der Waals surface area contributed by atoms with Crippen LogP contribution in [0.4, 0.5) is 0 Å². The summed E-state index contributed by atoms with van der Waals surface area (Å²) in [6.07, 6.45) is 1.55. The Kier molecular flexibility index (Phi) is 6.83. The van der Waals surface area contributed by atoms with Gasteiger partial charge in [0, 0.05) is 41.8 Å². The van der Waals surface area contributed by atoms with Gasteiger partial charge in [-0.2, -0.15) is 0 Å². The van der Waals surface area contributed by atoms with E-state index in [1.54, 1.807) is 41.3 Å². The first kappa shape index (κ1) is 21.7. The normalized spacial score (nSPS) is 19.2. The van der Waals surface area contributed by atoms with Crippen LogP contribution in [0.25, 0.3) is 0 Å². The summed E-state index contributed by atoms with van der Waals surface area (Å²) in [7, 11) is 0. The minimum absolute atomic E-state index is 0.0972. The number of benzene rings is 2. The molecule has 0 aliphatic carbocycles. The lowest BCUT2D eigenvalue weighted by molar-refractivity contribution is -0.141. The van der Waals surface area contributed by atoms with Gasteiger partial charge in [-0.05, 0) is 43.2 Å². The van der Waals surface area contributed by atoms with E-state index in [9.17, 15) is 14.4 Å². The lowest BCUT2D eigenvalue weighted by Gasteiger charge is -2.36. The number of piperidine rings is 1. The quantitative estimate of drug-likeness (QED) is 0.623. The minimum Gasteiger partial charge on any atom is -0.378 e. The molecule has 31 heavy (non-hydrogen) atoms. The van der Waals surface area contributed by atoms with Gasteiger partial charge in [-0.25, -0.2) is 0 Å². The molecule has 7 heteroatoms. The molecule has 2 aromatic rings. The van der Waals surface area contributed by atoms with Crippen LogP contribution in [0.5, 0.6) is 0 Å². The van der Waals surface area contributed by atoms with E-state index >= 15 is 0 Å². The zero-order chi connectivity index (χ0) is 21.8. The highest BCUT2D eigenvalue weighted by molar-refractivity contribution is 9.10. The van der Waals surface area contributed by atoms with E-state index in [1.807, 2.05) is 17.0 Å². The SMILES string of the molecule is O=C(c1ccc(Br)cc1)c1ccccc1C(=O)N1CCCC(C(=O)N2CCOCC2)C1. The van der Waals surface area contributed by atoms with Crippen molar-refractivity contribution >= 4 is 33.5 Å². The van der Waals surface area contributed by atoms with Crippen molar-refractivity contribution in [3.63, 3.8) is 0 Å². The van der Waals surface area contributed by atoms with Crippen molar-refractivity contribution in [3.8, 4) is 0 Å². The molecule has 0 spiro atoms. The first-order valence-corrected chi connectivity index (χ1v) is 11.4. The zero-order valence-electron chi connectivity index (χ0n) is 17.3. The van der Waals surface area contributed by atoms with Crippen LogP contribution in [0.2, 0.25) is 0 Å². The molecule has 2 aromatic carbocycles. The van der Waals surface area contributed by atoms with Gasteiger partial charge in [-0.15, -0.1) is 0 Å². The summed E-state index contributed by atoms with van der Waals surface area (Å²) in [6, 6.07) is 14.0. The number of carbonyl (C=O) groups is 3. The minimum atomic E-state index is -0.204. The van der Waals surface area contributed by atoms with Gasteiger partial charge < -0.3 is 14.5 Å². The van der Waals surface area contributed by atoms with Crippen molar-refractivity contribution in [1.82, 2.24) is 9.80 Å². The second-order valence-corrected chi connectivity index (χ2v) is 8.83. The van der Waals surface area contributed by atoms with Crippen LogP contribution in [0.15, 0.2) is 53.0 Å². The van der Waals surface area contributed by atoms with E-state index in [-0.39, 0.29) is 23.5 Å². The monoisotopic (exact) mass is 484 g/mol. The summed E-state index contributed by atoms with van der Waals surface area (Å²) in [5.74, 6) is -0.486. The van der Waals surface area contributed by atoms with E-state index in [0.717, 1.165) is 17.3 Å². The molecule has 0 bridgehead atoms. The van der Waals surface area contributed by atoms with Crippen LogP contribution in [-0.4, -0.2) is 66.8 Å². The summed E-state index contributed by atoms with van der Waals surface area (Å²) >= 11 is 3.38. The molecule has 2 amide bonds. The third-order valence-corrected chi connectivity index (χ3v) is 6.42. The second-order valence-electron chi connectivity index (χ2n) is 7.91. The largest absolute Gasteiger partial charge is 0.378 e. The number of hydrogen-bond donors (Lipinski definition) is 0. The van der Waals surface area contributed by atoms with E-state index in [0.29, 0.717) is 56.1 Å². The van der Waals surface area contributed by atoms with Gasteiger partial charge in [0.15, 0.2) is 5.78 Å². The van der Waals surface area contributed by atoms with Gasteiger partial charge in [0.05, 0.1) is 24.7 Å². The molecule has 0 saturated carbocycles. The molecule has 6 nitrogen and oxygen atoms in total. The number of halogens is 1. The molecular formula is C24H25BrN2O4. The highest BCUT2D eigenvalue weighted by Gasteiger charge is 2.33. The average Bonchev–Trinajstić information content (AvgIpc) is 2.84. The Bertz CT molecular complexity index is 970. The van der Waals surface area contributed by atoms with Gasteiger partial charge in [0.25, 0.3) is 5.91 Å². The predicted octanol–water partition coefficient (Wildman–Crippen LogP) is 3.39. The van der Waals surface area contributed by atoms with E-state index in [1.165, 1.54) is 0 Å². The van der Waals surface area contributed by atoms with Gasteiger partial charge in [0.2, 0.25) is 5.91 Å². The molecule has 1 unspecified atom stereocenters. The molecule has 2 aliphatic rings. The van der Waals surface area contributed by atoms with Crippen molar-refractivity contribution in [2.75, 3.05) is 39.4 Å². The number of ketones is 1. The molecular weight excluding hydrogens is 460 g/mol. The Labute approximate surface area is 190 Å². The van der Waals surface area contributed by atoms with E-state index in [2.05, 4.69) is 15.9 Å². The van der Waals surface area contributed by atoms with E-state index in [4.69, 9.17) is 4.74 Å². The summed E-state index contributed by atoms with van der Waals surface area (Å²) in [5, 5.41) is 0. The number of hydrogen-bond acceptors (Lipinski definition) is 4. The van der Waals surface area contributed by atoms with Crippen LogP contribution < -0.4 is 0 Å². The standard InChI is InChI=1S/C24H25BrN2O4/c25-19-9-7-17(8-10-19)22(28)20-5-1-2-6-21(20)24(30)27-11-3-4-18(16-27)23(29)26-12-14-31-15-13-26/h1-2,5-10,18H,3-4,11-16H2. The Morgan fingerprint density at radius 1 is 0.871 bits per heavy atom. The van der Waals surface area contributed by atoms with Crippen molar-refractivity contribution in [3.05, 3.63) is 69.7 Å². The van der Waals surface area contributed by atoms with Crippen LogP contribution in [0.1, 0.15) is 39.1 Å². The highest BCUT2D eigenvalue weighted by Crippen LogP contribution is 2.24. The van der Waals surface area contributed by atoms with Crippen molar-refractivity contribution in [2.45, 2.75) is 12.8 Å². The molecule has 0 aromatic heterocycles. The number of nitrogens with zero attached hydrogens (tertiary/aromatic N) is 2. The molecule has 0 N–H and O–H groups in total.